The second-order valence-corrected chi connectivity index (χ2v) is 4.49. The SMILES string of the molecule is CC(C)n1cncc1CNc1cc(F)c(F)cc1F. The number of halogens is 3. The Bertz CT molecular complexity index is 579. The van der Waals surface area contributed by atoms with Crippen LogP contribution < -0.4 is 5.32 Å². The largest absolute Gasteiger partial charge is 0.377 e. The summed E-state index contributed by atoms with van der Waals surface area (Å²) in [7, 11) is 0. The molecule has 19 heavy (non-hydrogen) atoms. The van der Waals surface area contributed by atoms with Crippen molar-refractivity contribution in [3.63, 3.8) is 0 Å². The second-order valence-electron chi connectivity index (χ2n) is 4.49. The Morgan fingerprint density at radius 1 is 1.16 bits per heavy atom. The highest BCUT2D eigenvalue weighted by Gasteiger charge is 2.11. The van der Waals surface area contributed by atoms with Crippen LogP contribution in [0.5, 0.6) is 0 Å². The molecule has 102 valence electrons. The summed E-state index contributed by atoms with van der Waals surface area (Å²) in [5, 5.41) is 2.74. The molecule has 0 aliphatic carbocycles. The monoisotopic (exact) mass is 269 g/mol. The van der Waals surface area contributed by atoms with Crippen LogP contribution in [0.2, 0.25) is 0 Å². The van der Waals surface area contributed by atoms with Gasteiger partial charge >= 0.3 is 0 Å². The van der Waals surface area contributed by atoms with E-state index in [1.807, 2.05) is 18.4 Å². The van der Waals surface area contributed by atoms with Crippen molar-refractivity contribution >= 4 is 5.69 Å². The van der Waals surface area contributed by atoms with Crippen LogP contribution in [0, 0.1) is 17.5 Å². The summed E-state index contributed by atoms with van der Waals surface area (Å²) in [5.41, 5.74) is 0.759. The number of rotatable bonds is 4. The highest BCUT2D eigenvalue weighted by Crippen LogP contribution is 2.19. The molecule has 0 aliphatic heterocycles. The van der Waals surface area contributed by atoms with Crippen LogP contribution >= 0.6 is 0 Å². The summed E-state index contributed by atoms with van der Waals surface area (Å²) in [6.07, 6.45) is 3.31. The first-order valence-electron chi connectivity index (χ1n) is 5.88. The smallest absolute Gasteiger partial charge is 0.161 e. The molecule has 3 nitrogen and oxygen atoms in total. The first-order chi connectivity index (χ1) is 8.99. The van der Waals surface area contributed by atoms with E-state index in [9.17, 15) is 13.2 Å². The maximum absolute atomic E-state index is 13.4. The minimum absolute atomic E-state index is 0.0737. The van der Waals surface area contributed by atoms with E-state index in [1.165, 1.54) is 0 Å². The Labute approximate surface area is 109 Å². The van der Waals surface area contributed by atoms with Crippen LogP contribution in [0.1, 0.15) is 25.6 Å². The summed E-state index contributed by atoms with van der Waals surface area (Å²) >= 11 is 0. The molecule has 0 radical (unpaired) electrons. The summed E-state index contributed by atoms with van der Waals surface area (Å²) in [6.45, 7) is 4.26. The zero-order chi connectivity index (χ0) is 14.0. The van der Waals surface area contributed by atoms with E-state index in [2.05, 4.69) is 10.3 Å². The Kier molecular flexibility index (Phi) is 3.78. The van der Waals surface area contributed by atoms with Crippen molar-refractivity contribution in [3.05, 3.63) is 47.8 Å². The van der Waals surface area contributed by atoms with Crippen molar-refractivity contribution in [1.29, 1.82) is 0 Å². The molecule has 0 aliphatic rings. The number of hydrogen-bond donors (Lipinski definition) is 1. The third kappa shape index (κ3) is 2.89. The van der Waals surface area contributed by atoms with Crippen molar-refractivity contribution in [2.24, 2.45) is 0 Å². The molecule has 1 aromatic heterocycles. The van der Waals surface area contributed by atoms with Crippen molar-refractivity contribution in [2.45, 2.75) is 26.4 Å². The molecule has 0 saturated carbocycles. The van der Waals surface area contributed by atoms with Crippen LogP contribution in [0.15, 0.2) is 24.7 Å². The van der Waals surface area contributed by atoms with E-state index in [1.54, 1.807) is 12.5 Å². The van der Waals surface area contributed by atoms with Gasteiger partial charge in [-0.25, -0.2) is 18.2 Å². The van der Waals surface area contributed by atoms with Gasteiger partial charge in [0, 0.05) is 24.4 Å². The van der Waals surface area contributed by atoms with Gasteiger partial charge in [0.25, 0.3) is 0 Å². The highest BCUT2D eigenvalue weighted by molar-refractivity contribution is 5.45. The molecular formula is C13H14F3N3. The number of aromatic nitrogens is 2. The van der Waals surface area contributed by atoms with Crippen LogP contribution in [0.3, 0.4) is 0 Å². The Morgan fingerprint density at radius 3 is 2.53 bits per heavy atom. The molecule has 0 unspecified atom stereocenters. The van der Waals surface area contributed by atoms with E-state index >= 15 is 0 Å². The lowest BCUT2D eigenvalue weighted by Gasteiger charge is -2.13. The van der Waals surface area contributed by atoms with Gasteiger partial charge in [-0.15, -0.1) is 0 Å². The number of benzene rings is 1. The van der Waals surface area contributed by atoms with Crippen molar-refractivity contribution in [2.75, 3.05) is 5.32 Å². The van der Waals surface area contributed by atoms with E-state index in [4.69, 9.17) is 0 Å². The lowest BCUT2D eigenvalue weighted by atomic mass is 10.2. The maximum Gasteiger partial charge on any atom is 0.161 e. The molecule has 0 bridgehead atoms. The maximum atomic E-state index is 13.4. The predicted molar refractivity (Wildman–Crippen MR) is 66.3 cm³/mol. The van der Waals surface area contributed by atoms with Crippen molar-refractivity contribution in [3.8, 4) is 0 Å². The van der Waals surface area contributed by atoms with Gasteiger partial charge in [-0.05, 0) is 13.8 Å². The third-order valence-electron chi connectivity index (χ3n) is 2.77. The Morgan fingerprint density at radius 2 is 1.84 bits per heavy atom. The minimum Gasteiger partial charge on any atom is -0.377 e. The zero-order valence-corrected chi connectivity index (χ0v) is 10.6. The Hall–Kier alpha value is -1.98. The van der Waals surface area contributed by atoms with Gasteiger partial charge in [-0.1, -0.05) is 0 Å². The normalized spacial score (nSPS) is 11.1. The molecule has 1 N–H and O–H groups in total. The fraction of sp³-hybridized carbons (Fsp3) is 0.308. The fourth-order valence-electron chi connectivity index (χ4n) is 1.78. The van der Waals surface area contributed by atoms with Gasteiger partial charge in [0.1, 0.15) is 5.82 Å². The first-order valence-corrected chi connectivity index (χ1v) is 5.88. The quantitative estimate of drug-likeness (QED) is 0.861. The average Bonchev–Trinajstić information content (AvgIpc) is 2.80. The van der Waals surface area contributed by atoms with Crippen LogP contribution in [-0.4, -0.2) is 9.55 Å². The number of imidazole rings is 1. The summed E-state index contributed by atoms with van der Waals surface area (Å²) in [4.78, 5) is 4.00. The van der Waals surface area contributed by atoms with Crippen molar-refractivity contribution in [1.82, 2.24) is 9.55 Å². The van der Waals surface area contributed by atoms with E-state index in [0.717, 1.165) is 11.8 Å². The summed E-state index contributed by atoms with van der Waals surface area (Å²) in [6, 6.07) is 1.55. The molecule has 2 rings (SSSR count). The molecule has 6 heteroatoms. The van der Waals surface area contributed by atoms with Crippen LogP contribution in [0.25, 0.3) is 0 Å². The molecule has 1 heterocycles. The standard InChI is InChI=1S/C13H14F3N3/c1-8(2)19-7-17-5-9(19)6-18-13-4-11(15)10(14)3-12(13)16/h3-5,7-8,18H,6H2,1-2H3. The summed E-state index contributed by atoms with van der Waals surface area (Å²) in [5.74, 6) is -3.11. The number of nitrogens with zero attached hydrogens (tertiary/aromatic N) is 2. The topological polar surface area (TPSA) is 29.9 Å². The molecule has 1 aromatic carbocycles. The molecule has 0 amide bonds. The number of anilines is 1. The molecule has 0 fully saturated rings. The van der Waals surface area contributed by atoms with Gasteiger partial charge in [-0.2, -0.15) is 0 Å². The average molecular weight is 269 g/mol. The van der Waals surface area contributed by atoms with Gasteiger partial charge < -0.3 is 9.88 Å². The Balaban J connectivity index is 2.15. The molecular weight excluding hydrogens is 255 g/mol. The fourth-order valence-corrected chi connectivity index (χ4v) is 1.78. The minimum atomic E-state index is -1.20. The van der Waals surface area contributed by atoms with Gasteiger partial charge in [0.15, 0.2) is 11.6 Å². The van der Waals surface area contributed by atoms with Crippen molar-refractivity contribution < 1.29 is 13.2 Å². The van der Waals surface area contributed by atoms with E-state index < -0.39 is 17.5 Å². The summed E-state index contributed by atoms with van der Waals surface area (Å²) < 4.78 is 41.2. The van der Waals surface area contributed by atoms with Crippen LogP contribution in [-0.2, 0) is 6.54 Å². The third-order valence-corrected chi connectivity index (χ3v) is 2.77. The number of nitrogens with one attached hydrogen (secondary N) is 1. The highest BCUT2D eigenvalue weighted by atomic mass is 19.2. The lowest BCUT2D eigenvalue weighted by molar-refractivity contribution is 0.496. The predicted octanol–water partition coefficient (Wildman–Crippen LogP) is 3.49. The zero-order valence-electron chi connectivity index (χ0n) is 10.6. The van der Waals surface area contributed by atoms with Crippen LogP contribution in [0.4, 0.5) is 18.9 Å². The lowest BCUT2D eigenvalue weighted by Crippen LogP contribution is -2.10. The van der Waals surface area contributed by atoms with E-state index in [0.29, 0.717) is 6.07 Å². The number of hydrogen-bond acceptors (Lipinski definition) is 2. The molecule has 0 saturated heterocycles. The van der Waals surface area contributed by atoms with Gasteiger partial charge in [-0.3, -0.25) is 0 Å². The van der Waals surface area contributed by atoms with E-state index in [-0.39, 0.29) is 18.3 Å². The van der Waals surface area contributed by atoms with Gasteiger partial charge in [0.2, 0.25) is 0 Å². The second kappa shape index (κ2) is 5.34. The first kappa shape index (κ1) is 13.5. The molecule has 0 spiro atoms. The molecule has 0 atom stereocenters. The van der Waals surface area contributed by atoms with Gasteiger partial charge in [0.05, 0.1) is 24.3 Å². The molecule has 2 aromatic rings.